The first-order valence-electron chi connectivity index (χ1n) is 4.82. The van der Waals surface area contributed by atoms with Gasteiger partial charge in [0.05, 0.1) is 0 Å². The van der Waals surface area contributed by atoms with Crippen molar-refractivity contribution in [3.63, 3.8) is 0 Å². The van der Waals surface area contributed by atoms with Gasteiger partial charge in [-0.2, -0.15) is 0 Å². The van der Waals surface area contributed by atoms with Crippen molar-refractivity contribution < 1.29 is 0 Å². The highest BCUT2D eigenvalue weighted by atomic mass is 35.5. The molecular weight excluding hydrogens is 168 g/mol. The van der Waals surface area contributed by atoms with E-state index in [-0.39, 0.29) is 0 Å². The molecule has 0 unspecified atom stereocenters. The van der Waals surface area contributed by atoms with Crippen LogP contribution in [0.2, 0.25) is 0 Å². The molecule has 0 aromatic heterocycles. The van der Waals surface area contributed by atoms with Crippen LogP contribution in [-0.2, 0) is 0 Å². The van der Waals surface area contributed by atoms with Crippen molar-refractivity contribution in [2.75, 3.05) is 5.88 Å². The molecule has 1 heteroatoms. The lowest BCUT2D eigenvalue weighted by Gasteiger charge is -1.86. The van der Waals surface area contributed by atoms with E-state index in [9.17, 15) is 0 Å². The molecule has 0 aliphatic carbocycles. The third-order valence-corrected chi connectivity index (χ3v) is 1.68. The fourth-order valence-corrected chi connectivity index (χ4v) is 0.803. The van der Waals surface area contributed by atoms with E-state index in [1.54, 1.807) is 0 Å². The SMILES string of the molecule is C#CCCCCl.CCCCCC. The summed E-state index contributed by atoms with van der Waals surface area (Å²) in [6.45, 7) is 4.46. The monoisotopic (exact) mass is 188 g/mol. The van der Waals surface area contributed by atoms with Gasteiger partial charge in [-0.25, -0.2) is 0 Å². The summed E-state index contributed by atoms with van der Waals surface area (Å²) in [5, 5.41) is 0. The molecule has 0 N–H and O–H groups in total. The van der Waals surface area contributed by atoms with Gasteiger partial charge in [0.15, 0.2) is 0 Å². The number of halogens is 1. The number of hydrogen-bond donors (Lipinski definition) is 0. The van der Waals surface area contributed by atoms with Gasteiger partial charge in [0, 0.05) is 12.3 Å². The lowest BCUT2D eigenvalue weighted by molar-refractivity contribution is 0.702. The van der Waals surface area contributed by atoms with Crippen molar-refractivity contribution in [2.45, 2.75) is 52.4 Å². The van der Waals surface area contributed by atoms with Gasteiger partial charge in [-0.05, 0) is 6.42 Å². The molecule has 0 nitrogen and oxygen atoms in total. The zero-order valence-electron chi connectivity index (χ0n) is 8.41. The summed E-state index contributed by atoms with van der Waals surface area (Å²) in [6.07, 6.45) is 12.2. The summed E-state index contributed by atoms with van der Waals surface area (Å²) >= 11 is 5.28. The Labute approximate surface area is 82.7 Å². The van der Waals surface area contributed by atoms with Crippen molar-refractivity contribution in [1.29, 1.82) is 0 Å². The van der Waals surface area contributed by atoms with Gasteiger partial charge in [-0.1, -0.05) is 39.5 Å². The van der Waals surface area contributed by atoms with Crippen LogP contribution in [0, 0.1) is 12.3 Å². The van der Waals surface area contributed by atoms with E-state index in [4.69, 9.17) is 18.0 Å². The van der Waals surface area contributed by atoms with E-state index < -0.39 is 0 Å². The van der Waals surface area contributed by atoms with E-state index in [1.165, 1.54) is 25.7 Å². The minimum Gasteiger partial charge on any atom is -0.127 e. The summed E-state index contributed by atoms with van der Waals surface area (Å²) in [4.78, 5) is 0. The van der Waals surface area contributed by atoms with E-state index in [0.29, 0.717) is 5.88 Å². The maximum absolute atomic E-state index is 5.28. The quantitative estimate of drug-likeness (QED) is 0.344. The summed E-state index contributed by atoms with van der Waals surface area (Å²) in [7, 11) is 0. The van der Waals surface area contributed by atoms with Crippen molar-refractivity contribution in [2.24, 2.45) is 0 Å². The van der Waals surface area contributed by atoms with Crippen LogP contribution in [0.4, 0.5) is 0 Å². The maximum atomic E-state index is 5.28. The van der Waals surface area contributed by atoms with Crippen molar-refractivity contribution in [1.82, 2.24) is 0 Å². The third-order valence-electron chi connectivity index (χ3n) is 1.41. The van der Waals surface area contributed by atoms with Crippen LogP contribution in [0.15, 0.2) is 0 Å². The van der Waals surface area contributed by atoms with E-state index in [1.807, 2.05) is 0 Å². The van der Waals surface area contributed by atoms with Crippen molar-refractivity contribution >= 4 is 11.6 Å². The summed E-state index contributed by atoms with van der Waals surface area (Å²) in [5.41, 5.74) is 0. The lowest BCUT2D eigenvalue weighted by atomic mass is 10.2. The zero-order valence-corrected chi connectivity index (χ0v) is 9.16. The number of unbranched alkanes of at least 4 members (excludes halogenated alkanes) is 4. The Hall–Kier alpha value is -0.150. The number of rotatable bonds is 5. The van der Waals surface area contributed by atoms with Crippen LogP contribution in [0.25, 0.3) is 0 Å². The van der Waals surface area contributed by atoms with E-state index in [0.717, 1.165) is 12.8 Å². The number of hydrogen-bond acceptors (Lipinski definition) is 0. The minimum absolute atomic E-state index is 0.685. The van der Waals surface area contributed by atoms with Crippen LogP contribution in [0.3, 0.4) is 0 Å². The van der Waals surface area contributed by atoms with Gasteiger partial charge in [-0.3, -0.25) is 0 Å². The first-order valence-corrected chi connectivity index (χ1v) is 5.36. The van der Waals surface area contributed by atoms with Crippen LogP contribution < -0.4 is 0 Å². The second kappa shape index (κ2) is 17.1. The molecule has 0 heterocycles. The Bertz CT molecular complexity index is 87.7. The molecule has 12 heavy (non-hydrogen) atoms. The fourth-order valence-electron chi connectivity index (χ4n) is 0.669. The van der Waals surface area contributed by atoms with Gasteiger partial charge < -0.3 is 0 Å². The van der Waals surface area contributed by atoms with E-state index >= 15 is 0 Å². The summed E-state index contributed by atoms with van der Waals surface area (Å²) in [6, 6.07) is 0. The molecule has 0 bridgehead atoms. The van der Waals surface area contributed by atoms with Crippen molar-refractivity contribution in [3.8, 4) is 12.3 Å². The Balaban J connectivity index is 0. The Kier molecular flexibility index (Phi) is 20.5. The van der Waals surface area contributed by atoms with Gasteiger partial charge in [0.25, 0.3) is 0 Å². The first kappa shape index (κ1) is 14.4. The highest BCUT2D eigenvalue weighted by Crippen LogP contribution is 1.95. The maximum Gasteiger partial charge on any atom is 0.0232 e. The second-order valence-corrected chi connectivity index (χ2v) is 3.08. The topological polar surface area (TPSA) is 0 Å². The molecule has 0 radical (unpaired) electrons. The molecule has 0 rings (SSSR count). The number of terminal acetylenes is 1. The Morgan fingerprint density at radius 3 is 1.75 bits per heavy atom. The van der Waals surface area contributed by atoms with Crippen LogP contribution in [0.1, 0.15) is 52.4 Å². The molecule has 0 spiro atoms. The highest BCUT2D eigenvalue weighted by molar-refractivity contribution is 6.17. The molecule has 0 saturated heterocycles. The predicted octanol–water partition coefficient (Wildman–Crippen LogP) is 4.23. The lowest BCUT2D eigenvalue weighted by Crippen LogP contribution is -1.68. The molecule has 0 amide bonds. The second-order valence-electron chi connectivity index (χ2n) is 2.70. The summed E-state index contributed by atoms with van der Waals surface area (Å²) < 4.78 is 0. The largest absolute Gasteiger partial charge is 0.127 e. The molecule has 0 aromatic rings. The molecule has 72 valence electrons. The van der Waals surface area contributed by atoms with Gasteiger partial charge in [0.1, 0.15) is 0 Å². The highest BCUT2D eigenvalue weighted by Gasteiger charge is 1.75. The zero-order chi connectivity index (χ0) is 9.66. The van der Waals surface area contributed by atoms with Gasteiger partial charge >= 0.3 is 0 Å². The first-order chi connectivity index (χ1) is 5.83. The normalized spacial score (nSPS) is 8.17. The van der Waals surface area contributed by atoms with Crippen LogP contribution in [0.5, 0.6) is 0 Å². The molecule has 0 aromatic carbocycles. The molecule has 0 saturated carbocycles. The Morgan fingerprint density at radius 1 is 1.08 bits per heavy atom. The molecule has 0 fully saturated rings. The van der Waals surface area contributed by atoms with Crippen LogP contribution >= 0.6 is 11.6 Å². The third kappa shape index (κ3) is 22.5. The van der Waals surface area contributed by atoms with Gasteiger partial charge in [0.2, 0.25) is 0 Å². The molecule has 0 atom stereocenters. The predicted molar refractivity (Wildman–Crippen MR) is 58.6 cm³/mol. The average Bonchev–Trinajstić information content (AvgIpc) is 2.12. The Morgan fingerprint density at radius 2 is 1.58 bits per heavy atom. The summed E-state index contributed by atoms with van der Waals surface area (Å²) in [5.74, 6) is 3.17. The van der Waals surface area contributed by atoms with Crippen molar-refractivity contribution in [3.05, 3.63) is 0 Å². The molecular formula is C11H21Cl. The van der Waals surface area contributed by atoms with Gasteiger partial charge in [-0.15, -0.1) is 23.9 Å². The molecule has 0 aliphatic heterocycles. The standard InChI is InChI=1S/C6H14.C5H7Cl/c1-3-5-6-4-2;1-2-3-4-5-6/h3-6H2,1-2H3;1H,3-5H2. The minimum atomic E-state index is 0.685. The number of alkyl halides is 1. The average molecular weight is 189 g/mol. The molecule has 0 aliphatic rings. The smallest absolute Gasteiger partial charge is 0.0232 e. The van der Waals surface area contributed by atoms with E-state index in [2.05, 4.69) is 19.8 Å². The fraction of sp³-hybridized carbons (Fsp3) is 0.818. The van der Waals surface area contributed by atoms with Crippen LogP contribution in [-0.4, -0.2) is 5.88 Å².